The number of hydrogen-bond donors (Lipinski definition) is 0. The van der Waals surface area contributed by atoms with Crippen LogP contribution in [0.25, 0.3) is 0 Å². The zero-order chi connectivity index (χ0) is 4.41. The standard InChI is InChI=1S/C4H4NS.CH3.U/c1-4-5-2-3-6-4;;/h3H,1H3;1H3;/q2*-1;+2. The summed E-state index contributed by atoms with van der Waals surface area (Å²) in [5.41, 5.74) is 0. The van der Waals surface area contributed by atoms with Crippen molar-refractivity contribution in [2.45, 2.75) is 6.92 Å². The molecule has 1 aromatic heterocycles. The molecule has 0 spiro atoms. The molecule has 0 aliphatic heterocycles. The van der Waals surface area contributed by atoms with Gasteiger partial charge in [-0.2, -0.15) is 0 Å². The van der Waals surface area contributed by atoms with E-state index in [-0.39, 0.29) is 38.5 Å². The summed E-state index contributed by atoms with van der Waals surface area (Å²) in [4.78, 5) is 3.81. The van der Waals surface area contributed by atoms with Crippen LogP contribution in [0.15, 0.2) is 5.38 Å². The summed E-state index contributed by atoms with van der Waals surface area (Å²) < 4.78 is 0. The molecule has 0 bridgehead atoms. The van der Waals surface area contributed by atoms with Crippen LogP contribution in [-0.4, -0.2) is 4.98 Å². The van der Waals surface area contributed by atoms with E-state index in [1.165, 1.54) is 0 Å². The Balaban J connectivity index is 0. The maximum absolute atomic E-state index is 3.81. The number of hydrogen-bond acceptors (Lipinski definition) is 2. The van der Waals surface area contributed by atoms with Crippen molar-refractivity contribution in [3.8, 4) is 0 Å². The molecule has 1 rings (SSSR count). The number of rotatable bonds is 0. The Hall–Kier alpha value is 0.682. The second kappa shape index (κ2) is 5.81. The van der Waals surface area contributed by atoms with E-state index in [2.05, 4.69) is 11.2 Å². The first kappa shape index (κ1) is 11.5. The van der Waals surface area contributed by atoms with Crippen molar-refractivity contribution in [1.29, 1.82) is 0 Å². The molecular formula is C5H7NSU. The molecule has 0 N–H and O–H groups in total. The Morgan fingerprint density at radius 1 is 1.75 bits per heavy atom. The summed E-state index contributed by atoms with van der Waals surface area (Å²) >= 11 is 1.61. The molecule has 0 atom stereocenters. The van der Waals surface area contributed by atoms with E-state index in [9.17, 15) is 0 Å². The van der Waals surface area contributed by atoms with E-state index in [1.807, 2.05) is 12.3 Å². The van der Waals surface area contributed by atoms with Gasteiger partial charge in [-0.05, 0) is 0 Å². The Labute approximate surface area is 77.9 Å². The molecule has 1 heterocycles. The van der Waals surface area contributed by atoms with Crippen LogP contribution in [-0.2, 0) is 0 Å². The molecular weight excluding hydrogens is 344 g/mol. The Kier molecular flexibility index (Phi) is 8.34. The van der Waals surface area contributed by atoms with Crippen molar-refractivity contribution in [2.75, 3.05) is 0 Å². The van der Waals surface area contributed by atoms with Gasteiger partial charge in [0.05, 0.1) is 0 Å². The van der Waals surface area contributed by atoms with Crippen LogP contribution >= 0.6 is 11.3 Å². The van der Waals surface area contributed by atoms with E-state index in [4.69, 9.17) is 0 Å². The van der Waals surface area contributed by atoms with Crippen molar-refractivity contribution in [1.82, 2.24) is 4.98 Å². The molecule has 0 saturated heterocycles. The van der Waals surface area contributed by atoms with Gasteiger partial charge in [-0.1, -0.05) is 17.3 Å². The Morgan fingerprint density at radius 3 is 2.50 bits per heavy atom. The molecule has 0 aromatic carbocycles. The zero-order valence-corrected chi connectivity index (χ0v) is 9.91. The van der Waals surface area contributed by atoms with Crippen molar-refractivity contribution in [2.24, 2.45) is 0 Å². The molecule has 0 aliphatic rings. The quantitative estimate of drug-likeness (QED) is 0.649. The first-order valence-corrected chi connectivity index (χ1v) is 2.56. The zero-order valence-electron chi connectivity index (χ0n) is 4.93. The summed E-state index contributed by atoms with van der Waals surface area (Å²) in [6.45, 7) is 1.96. The van der Waals surface area contributed by atoms with Crippen LogP contribution in [0.5, 0.6) is 0 Å². The van der Waals surface area contributed by atoms with Crippen LogP contribution in [0.2, 0.25) is 0 Å². The fraction of sp³-hybridized carbons (Fsp3) is 0.200. The monoisotopic (exact) mass is 351 g/mol. The molecule has 0 saturated carbocycles. The first-order valence-electron chi connectivity index (χ1n) is 1.68. The Morgan fingerprint density at radius 2 is 2.38 bits per heavy atom. The smallest absolute Gasteiger partial charge is 0.446 e. The summed E-state index contributed by atoms with van der Waals surface area (Å²) in [6, 6.07) is 0. The van der Waals surface area contributed by atoms with Crippen molar-refractivity contribution in [3.05, 3.63) is 24.0 Å². The van der Waals surface area contributed by atoms with Gasteiger partial charge < -0.3 is 12.4 Å². The number of aryl methyl sites for hydroxylation is 1. The predicted octanol–water partition coefficient (Wildman–Crippen LogP) is 1.70. The molecule has 0 fully saturated rings. The summed E-state index contributed by atoms with van der Waals surface area (Å²) in [5, 5.41) is 2.92. The van der Waals surface area contributed by atoms with Gasteiger partial charge in [0.2, 0.25) is 0 Å². The number of thiazole rings is 1. The summed E-state index contributed by atoms with van der Waals surface area (Å²) in [7, 11) is 0. The van der Waals surface area contributed by atoms with Crippen LogP contribution < -0.4 is 0 Å². The normalized spacial score (nSPS) is 6.62. The average molecular weight is 351 g/mol. The van der Waals surface area contributed by atoms with E-state index in [0.717, 1.165) is 5.01 Å². The minimum atomic E-state index is 0. The van der Waals surface area contributed by atoms with Gasteiger partial charge in [0, 0.05) is 0 Å². The SMILES string of the molecule is Cc1n[c-]cs1.[CH3-].[U+2]. The maximum atomic E-state index is 3.81. The molecule has 1 nitrogen and oxygen atoms in total. The van der Waals surface area contributed by atoms with Gasteiger partial charge in [-0.3, -0.25) is 0 Å². The molecule has 0 unspecified atom stereocenters. The van der Waals surface area contributed by atoms with E-state index < -0.39 is 0 Å². The molecule has 3 heteroatoms. The minimum Gasteiger partial charge on any atom is -0.446 e. The predicted molar refractivity (Wildman–Crippen MR) is 32.1 cm³/mol. The fourth-order valence-corrected chi connectivity index (χ4v) is 0.637. The average Bonchev–Trinajstić information content (AvgIpc) is 1.86. The summed E-state index contributed by atoms with van der Waals surface area (Å²) in [6.07, 6.45) is 2.70. The summed E-state index contributed by atoms with van der Waals surface area (Å²) in [5.74, 6) is 0. The van der Waals surface area contributed by atoms with Gasteiger partial charge in [0.15, 0.2) is 0 Å². The van der Waals surface area contributed by atoms with Gasteiger partial charge in [0.1, 0.15) is 0 Å². The third-order valence-electron chi connectivity index (χ3n) is 0.504. The molecule has 42 valence electrons. The largest absolute Gasteiger partial charge is 2.00 e. The molecule has 0 aliphatic carbocycles. The first-order chi connectivity index (χ1) is 2.89. The molecule has 0 radical (unpaired) electrons. The van der Waals surface area contributed by atoms with E-state index in [0.29, 0.717) is 0 Å². The maximum Gasteiger partial charge on any atom is 2.00 e. The van der Waals surface area contributed by atoms with Crippen LogP contribution in [0.3, 0.4) is 0 Å². The topological polar surface area (TPSA) is 12.9 Å². The third-order valence-corrected chi connectivity index (χ3v) is 1.16. The third kappa shape index (κ3) is 3.66. The van der Waals surface area contributed by atoms with Crippen LogP contribution in [0.1, 0.15) is 5.01 Å². The number of aromatic nitrogens is 1. The Bertz CT molecular complexity index is 116. The van der Waals surface area contributed by atoms with Gasteiger partial charge >= 0.3 is 31.1 Å². The van der Waals surface area contributed by atoms with Crippen LogP contribution in [0, 0.1) is 51.7 Å². The van der Waals surface area contributed by atoms with E-state index >= 15 is 0 Å². The molecule has 8 heavy (non-hydrogen) atoms. The second-order valence-electron chi connectivity index (χ2n) is 0.996. The minimum absolute atomic E-state index is 0. The number of nitrogens with zero attached hydrogens (tertiary/aromatic N) is 1. The van der Waals surface area contributed by atoms with Crippen molar-refractivity contribution in [3.63, 3.8) is 0 Å². The van der Waals surface area contributed by atoms with Crippen molar-refractivity contribution < 1.29 is 31.1 Å². The molecule has 1 aromatic rings. The molecule has 0 amide bonds. The van der Waals surface area contributed by atoms with Crippen molar-refractivity contribution >= 4 is 11.3 Å². The van der Waals surface area contributed by atoms with Gasteiger partial charge in [0.25, 0.3) is 0 Å². The second-order valence-corrected chi connectivity index (χ2v) is 2.06. The fourth-order valence-electron chi connectivity index (χ4n) is 0.255. The van der Waals surface area contributed by atoms with Gasteiger partial charge in [-0.25, -0.2) is 11.3 Å². The van der Waals surface area contributed by atoms with E-state index in [1.54, 1.807) is 11.3 Å². The van der Waals surface area contributed by atoms with Crippen LogP contribution in [0.4, 0.5) is 0 Å². The van der Waals surface area contributed by atoms with Gasteiger partial charge in [-0.15, -0.1) is 6.20 Å².